The summed E-state index contributed by atoms with van der Waals surface area (Å²) in [5, 5.41) is 4.70. The molecular weight excluding hydrogens is 276 g/mol. The third kappa shape index (κ3) is 4.75. The van der Waals surface area contributed by atoms with E-state index in [2.05, 4.69) is 49.3 Å². The van der Waals surface area contributed by atoms with Crippen LogP contribution in [0.2, 0.25) is 0 Å². The van der Waals surface area contributed by atoms with Crippen molar-refractivity contribution in [3.63, 3.8) is 0 Å². The monoisotopic (exact) mass is 296 g/mol. The van der Waals surface area contributed by atoms with Crippen molar-refractivity contribution in [1.82, 2.24) is 10.3 Å². The molecular formula is C15H21ClN2S. The second kappa shape index (κ2) is 6.21. The first-order chi connectivity index (χ1) is 8.94. The Morgan fingerprint density at radius 3 is 2.74 bits per heavy atom. The molecule has 1 atom stereocenters. The predicted molar refractivity (Wildman–Crippen MR) is 85.0 cm³/mol. The van der Waals surface area contributed by atoms with Gasteiger partial charge in [-0.15, -0.1) is 22.9 Å². The molecule has 1 unspecified atom stereocenters. The molecule has 1 aromatic heterocycles. The van der Waals surface area contributed by atoms with Crippen molar-refractivity contribution in [3.05, 3.63) is 29.3 Å². The second-order valence-corrected chi connectivity index (χ2v) is 7.80. The molecule has 0 saturated heterocycles. The molecule has 2 rings (SSSR count). The Morgan fingerprint density at radius 2 is 2.05 bits per heavy atom. The number of benzene rings is 1. The van der Waals surface area contributed by atoms with Crippen molar-refractivity contribution in [2.24, 2.45) is 5.41 Å². The largest absolute Gasteiger partial charge is 0.309 e. The van der Waals surface area contributed by atoms with Crippen LogP contribution in [0.5, 0.6) is 0 Å². The van der Waals surface area contributed by atoms with Crippen LogP contribution in [0, 0.1) is 5.41 Å². The van der Waals surface area contributed by atoms with E-state index in [-0.39, 0.29) is 10.8 Å². The van der Waals surface area contributed by atoms with E-state index in [9.17, 15) is 0 Å². The van der Waals surface area contributed by atoms with E-state index in [0.29, 0.717) is 0 Å². The number of halogens is 1. The quantitative estimate of drug-likeness (QED) is 0.826. The van der Waals surface area contributed by atoms with E-state index in [1.807, 2.05) is 6.07 Å². The van der Waals surface area contributed by atoms with Gasteiger partial charge in [0, 0.05) is 18.5 Å². The number of alkyl halides is 1. The summed E-state index contributed by atoms with van der Waals surface area (Å²) in [7, 11) is 0. The molecule has 0 aliphatic rings. The highest BCUT2D eigenvalue weighted by Gasteiger charge is 2.16. The third-order valence-electron chi connectivity index (χ3n) is 2.81. The average molecular weight is 297 g/mol. The number of aromatic nitrogens is 1. The zero-order valence-corrected chi connectivity index (χ0v) is 13.3. The zero-order valence-electron chi connectivity index (χ0n) is 11.7. The molecule has 0 spiro atoms. The molecule has 2 nitrogen and oxygen atoms in total. The van der Waals surface area contributed by atoms with Crippen LogP contribution in [-0.2, 0) is 6.54 Å². The lowest BCUT2D eigenvalue weighted by Crippen LogP contribution is -2.26. The lowest BCUT2D eigenvalue weighted by Gasteiger charge is -2.21. The topological polar surface area (TPSA) is 24.9 Å². The molecule has 0 saturated carbocycles. The van der Waals surface area contributed by atoms with Gasteiger partial charge in [0.15, 0.2) is 0 Å². The van der Waals surface area contributed by atoms with Crippen LogP contribution in [0.3, 0.4) is 0 Å². The normalized spacial score (nSPS) is 13.9. The van der Waals surface area contributed by atoms with Crippen molar-refractivity contribution in [1.29, 1.82) is 0 Å². The summed E-state index contributed by atoms with van der Waals surface area (Å²) in [5.41, 5.74) is 1.37. The molecule has 2 aromatic rings. The highest BCUT2D eigenvalue weighted by atomic mass is 35.5. The predicted octanol–water partition coefficient (Wildman–Crippen LogP) is 4.43. The molecule has 0 radical (unpaired) electrons. The maximum Gasteiger partial charge on any atom is 0.108 e. The summed E-state index contributed by atoms with van der Waals surface area (Å²) in [6, 6.07) is 8.24. The first-order valence-electron chi connectivity index (χ1n) is 6.63. The SMILES string of the molecule is CC(C)(C)CC(Cl)CNCc1nc2ccccc2s1. The number of fused-ring (bicyclic) bond motifs is 1. The molecule has 0 bridgehead atoms. The molecule has 1 heterocycles. The fourth-order valence-electron chi connectivity index (χ4n) is 2.07. The lowest BCUT2D eigenvalue weighted by molar-refractivity contribution is 0.364. The molecule has 19 heavy (non-hydrogen) atoms. The van der Waals surface area contributed by atoms with Crippen molar-refractivity contribution < 1.29 is 0 Å². The van der Waals surface area contributed by atoms with E-state index < -0.39 is 0 Å². The van der Waals surface area contributed by atoms with Gasteiger partial charge in [-0.3, -0.25) is 0 Å². The smallest absolute Gasteiger partial charge is 0.108 e. The first-order valence-corrected chi connectivity index (χ1v) is 7.88. The summed E-state index contributed by atoms with van der Waals surface area (Å²) in [6.45, 7) is 8.28. The number of nitrogens with zero attached hydrogens (tertiary/aromatic N) is 1. The summed E-state index contributed by atoms with van der Waals surface area (Å²) in [5.74, 6) is 0. The second-order valence-electron chi connectivity index (χ2n) is 6.07. The fourth-order valence-corrected chi connectivity index (χ4v) is 3.58. The Morgan fingerprint density at radius 1 is 1.32 bits per heavy atom. The Hall–Kier alpha value is -0.640. The molecule has 1 N–H and O–H groups in total. The van der Waals surface area contributed by atoms with Gasteiger partial charge < -0.3 is 5.32 Å². The van der Waals surface area contributed by atoms with Crippen molar-refractivity contribution in [2.75, 3.05) is 6.54 Å². The summed E-state index contributed by atoms with van der Waals surface area (Å²) in [6.07, 6.45) is 1.02. The highest BCUT2D eigenvalue weighted by Crippen LogP contribution is 2.24. The van der Waals surface area contributed by atoms with Crippen molar-refractivity contribution >= 4 is 33.2 Å². The maximum absolute atomic E-state index is 6.33. The van der Waals surface area contributed by atoms with Crippen molar-refractivity contribution in [2.45, 2.75) is 39.1 Å². The van der Waals surface area contributed by atoms with Gasteiger partial charge in [0.1, 0.15) is 5.01 Å². The molecule has 0 fully saturated rings. The molecule has 0 amide bonds. The lowest BCUT2D eigenvalue weighted by atomic mass is 9.90. The molecule has 104 valence electrons. The highest BCUT2D eigenvalue weighted by molar-refractivity contribution is 7.18. The van der Waals surface area contributed by atoms with E-state index in [4.69, 9.17) is 11.6 Å². The number of thiazole rings is 1. The maximum atomic E-state index is 6.33. The van der Waals surface area contributed by atoms with Gasteiger partial charge in [-0.25, -0.2) is 4.98 Å². The fraction of sp³-hybridized carbons (Fsp3) is 0.533. The van der Waals surface area contributed by atoms with Gasteiger partial charge in [-0.05, 0) is 24.0 Å². The van der Waals surface area contributed by atoms with Crippen LogP contribution in [0.15, 0.2) is 24.3 Å². The van der Waals surface area contributed by atoms with Gasteiger partial charge in [0.25, 0.3) is 0 Å². The van der Waals surface area contributed by atoms with E-state index in [1.165, 1.54) is 4.70 Å². The average Bonchev–Trinajstić information content (AvgIpc) is 2.68. The minimum atomic E-state index is 0.175. The molecule has 0 aliphatic carbocycles. The number of para-hydroxylation sites is 1. The van der Waals surface area contributed by atoms with Gasteiger partial charge >= 0.3 is 0 Å². The van der Waals surface area contributed by atoms with Crippen LogP contribution in [-0.4, -0.2) is 16.9 Å². The van der Waals surface area contributed by atoms with E-state index in [0.717, 1.165) is 30.0 Å². The van der Waals surface area contributed by atoms with Crippen molar-refractivity contribution in [3.8, 4) is 0 Å². The number of hydrogen-bond donors (Lipinski definition) is 1. The molecule has 4 heteroatoms. The number of hydrogen-bond acceptors (Lipinski definition) is 3. The Labute approximate surface area is 124 Å². The minimum absolute atomic E-state index is 0.175. The number of nitrogens with one attached hydrogen (secondary N) is 1. The Bertz CT molecular complexity index is 497. The van der Waals surface area contributed by atoms with Gasteiger partial charge in [-0.2, -0.15) is 0 Å². The van der Waals surface area contributed by atoms with Crippen LogP contribution < -0.4 is 5.32 Å². The molecule has 0 aliphatic heterocycles. The zero-order chi connectivity index (χ0) is 13.9. The Balaban J connectivity index is 1.82. The summed E-state index contributed by atoms with van der Waals surface area (Å²) < 4.78 is 1.25. The standard InChI is InChI=1S/C15H21ClN2S/c1-15(2,3)8-11(16)9-17-10-14-18-12-6-4-5-7-13(12)19-14/h4-7,11,17H,8-10H2,1-3H3. The van der Waals surface area contributed by atoms with Gasteiger partial charge in [0.2, 0.25) is 0 Å². The first kappa shape index (κ1) is 14.8. The van der Waals surface area contributed by atoms with Crippen LogP contribution in [0.25, 0.3) is 10.2 Å². The number of rotatable bonds is 5. The Kier molecular flexibility index (Phi) is 4.82. The van der Waals surface area contributed by atoms with E-state index in [1.54, 1.807) is 11.3 Å². The minimum Gasteiger partial charge on any atom is -0.309 e. The summed E-state index contributed by atoms with van der Waals surface area (Å²) in [4.78, 5) is 4.60. The van der Waals surface area contributed by atoms with Gasteiger partial charge in [0.05, 0.1) is 10.2 Å². The molecule has 1 aromatic carbocycles. The van der Waals surface area contributed by atoms with Gasteiger partial charge in [-0.1, -0.05) is 32.9 Å². The van der Waals surface area contributed by atoms with Crippen LogP contribution in [0.4, 0.5) is 0 Å². The van der Waals surface area contributed by atoms with Crippen LogP contribution in [0.1, 0.15) is 32.2 Å². The third-order valence-corrected chi connectivity index (χ3v) is 4.16. The van der Waals surface area contributed by atoms with E-state index >= 15 is 0 Å². The van der Waals surface area contributed by atoms with Crippen LogP contribution >= 0.6 is 22.9 Å². The summed E-state index contributed by atoms with van der Waals surface area (Å²) >= 11 is 8.08.